The van der Waals surface area contributed by atoms with Crippen molar-refractivity contribution >= 4 is 52.2 Å². The number of carbonyl (C=O) groups excluding carboxylic acids is 1. The summed E-state index contributed by atoms with van der Waals surface area (Å²) in [6.45, 7) is 3.68. The van der Waals surface area contributed by atoms with Gasteiger partial charge in [-0.3, -0.25) is 4.79 Å². The predicted octanol–water partition coefficient (Wildman–Crippen LogP) is 6.78. The van der Waals surface area contributed by atoms with E-state index in [4.69, 9.17) is 46.4 Å². The van der Waals surface area contributed by atoms with Gasteiger partial charge in [-0.1, -0.05) is 60.3 Å². The fourth-order valence-electron chi connectivity index (χ4n) is 2.35. The lowest BCUT2D eigenvalue weighted by Gasteiger charge is -2.18. The number of benzene rings is 2. The maximum absolute atomic E-state index is 12.7. The number of hydrogen-bond acceptors (Lipinski definition) is 1. The van der Waals surface area contributed by atoms with Crippen LogP contribution in [0.25, 0.3) is 0 Å². The lowest BCUT2D eigenvalue weighted by Crippen LogP contribution is -2.16. The summed E-state index contributed by atoms with van der Waals surface area (Å²) >= 11 is 24.0. The molecule has 2 aromatic carbocycles. The third-order valence-corrected chi connectivity index (χ3v) is 4.50. The molecule has 5 heteroatoms. The van der Waals surface area contributed by atoms with Crippen LogP contribution in [0.5, 0.6) is 0 Å². The van der Waals surface area contributed by atoms with Crippen LogP contribution in [0.1, 0.15) is 36.8 Å². The summed E-state index contributed by atoms with van der Waals surface area (Å²) in [6, 6.07) is 10.3. The summed E-state index contributed by atoms with van der Waals surface area (Å²) in [5.41, 5.74) is 1.59. The zero-order valence-electron chi connectivity index (χ0n) is 12.0. The van der Waals surface area contributed by atoms with E-state index in [1.54, 1.807) is 36.4 Å². The molecule has 2 unspecified atom stereocenters. The quantitative estimate of drug-likeness (QED) is 0.575. The van der Waals surface area contributed by atoms with Gasteiger partial charge in [0.25, 0.3) is 0 Å². The zero-order valence-corrected chi connectivity index (χ0v) is 15.1. The molecule has 0 saturated carbocycles. The first kappa shape index (κ1) is 17.6. The maximum atomic E-state index is 12.7. The molecule has 0 heterocycles. The van der Waals surface area contributed by atoms with Crippen LogP contribution < -0.4 is 0 Å². The van der Waals surface area contributed by atoms with Crippen LogP contribution in [0.2, 0.25) is 20.1 Å². The molecule has 0 radical (unpaired) electrons. The topological polar surface area (TPSA) is 17.1 Å². The summed E-state index contributed by atoms with van der Waals surface area (Å²) in [5.74, 6) is -0.607. The summed E-state index contributed by atoms with van der Waals surface area (Å²) in [4.78, 5) is 12.7. The standard InChI is InChI=1S/C17H14Cl4O/c1-9(11-3-13(18)7-14(19)4-11)17(22)10(2)12-5-15(20)8-16(21)6-12/h3-10H,1-2H3. The number of ketones is 1. The molecule has 0 aliphatic rings. The fourth-order valence-corrected chi connectivity index (χ4v) is 3.44. The van der Waals surface area contributed by atoms with Crippen LogP contribution in [0, 0.1) is 0 Å². The summed E-state index contributed by atoms with van der Waals surface area (Å²) in [7, 11) is 0. The van der Waals surface area contributed by atoms with Gasteiger partial charge in [-0.2, -0.15) is 0 Å². The maximum Gasteiger partial charge on any atom is 0.147 e. The van der Waals surface area contributed by atoms with E-state index >= 15 is 0 Å². The Morgan fingerprint density at radius 3 is 1.23 bits per heavy atom. The second-order valence-electron chi connectivity index (χ2n) is 5.25. The highest BCUT2D eigenvalue weighted by Gasteiger charge is 2.24. The van der Waals surface area contributed by atoms with Crippen molar-refractivity contribution < 1.29 is 4.79 Å². The number of halogens is 4. The third kappa shape index (κ3) is 4.17. The smallest absolute Gasteiger partial charge is 0.147 e. The van der Waals surface area contributed by atoms with Gasteiger partial charge in [0.2, 0.25) is 0 Å². The van der Waals surface area contributed by atoms with Crippen molar-refractivity contribution in [2.75, 3.05) is 0 Å². The van der Waals surface area contributed by atoms with Gasteiger partial charge in [0, 0.05) is 31.9 Å². The van der Waals surface area contributed by atoms with Gasteiger partial charge in [0.15, 0.2) is 0 Å². The molecule has 0 amide bonds. The predicted molar refractivity (Wildman–Crippen MR) is 94.8 cm³/mol. The Bertz CT molecular complexity index is 612. The first-order valence-electron chi connectivity index (χ1n) is 6.73. The van der Waals surface area contributed by atoms with Crippen molar-refractivity contribution in [3.8, 4) is 0 Å². The van der Waals surface area contributed by atoms with E-state index < -0.39 is 0 Å². The highest BCUT2D eigenvalue weighted by Crippen LogP contribution is 2.31. The molecule has 116 valence electrons. The highest BCUT2D eigenvalue weighted by molar-refractivity contribution is 6.35. The van der Waals surface area contributed by atoms with Crippen LogP contribution >= 0.6 is 46.4 Å². The first-order chi connectivity index (χ1) is 10.3. The zero-order chi connectivity index (χ0) is 16.4. The molecule has 0 fully saturated rings. The molecule has 0 bridgehead atoms. The molecule has 1 nitrogen and oxygen atoms in total. The molecule has 22 heavy (non-hydrogen) atoms. The molecular formula is C17H14Cl4O. The molecule has 0 saturated heterocycles. The normalized spacial score (nSPS) is 13.7. The number of Topliss-reactive ketones (excluding diaryl/α,β-unsaturated/α-hetero) is 1. The van der Waals surface area contributed by atoms with Crippen molar-refractivity contribution in [3.63, 3.8) is 0 Å². The average Bonchev–Trinajstić information content (AvgIpc) is 2.42. The van der Waals surface area contributed by atoms with Gasteiger partial charge in [0.1, 0.15) is 5.78 Å². The molecule has 0 aliphatic heterocycles. The molecule has 0 aromatic heterocycles. The summed E-state index contributed by atoms with van der Waals surface area (Å²) in [6.07, 6.45) is 0. The molecule has 0 N–H and O–H groups in total. The van der Waals surface area contributed by atoms with Gasteiger partial charge in [-0.05, 0) is 47.5 Å². The number of rotatable bonds is 4. The largest absolute Gasteiger partial charge is 0.298 e. The van der Waals surface area contributed by atoms with Crippen LogP contribution in [-0.4, -0.2) is 5.78 Å². The van der Waals surface area contributed by atoms with Gasteiger partial charge in [0.05, 0.1) is 0 Å². The molecule has 2 aromatic rings. The Balaban J connectivity index is 2.29. The van der Waals surface area contributed by atoms with Crippen molar-refractivity contribution in [1.29, 1.82) is 0 Å². The van der Waals surface area contributed by atoms with Gasteiger partial charge in [-0.15, -0.1) is 0 Å². The Morgan fingerprint density at radius 2 is 0.955 bits per heavy atom. The third-order valence-electron chi connectivity index (χ3n) is 3.62. The van der Waals surface area contributed by atoms with Crippen LogP contribution in [0.15, 0.2) is 36.4 Å². The van der Waals surface area contributed by atoms with E-state index in [1.807, 2.05) is 13.8 Å². The minimum Gasteiger partial charge on any atom is -0.298 e. The van der Waals surface area contributed by atoms with E-state index in [2.05, 4.69) is 0 Å². The fraction of sp³-hybridized carbons (Fsp3) is 0.235. The number of hydrogen-bond donors (Lipinski definition) is 0. The van der Waals surface area contributed by atoms with Crippen LogP contribution in [0.3, 0.4) is 0 Å². The highest BCUT2D eigenvalue weighted by atomic mass is 35.5. The van der Waals surface area contributed by atoms with E-state index in [1.165, 1.54) is 0 Å². The SMILES string of the molecule is CC(C(=O)C(C)c1cc(Cl)cc(Cl)c1)c1cc(Cl)cc(Cl)c1. The average molecular weight is 376 g/mol. The Morgan fingerprint density at radius 1 is 0.682 bits per heavy atom. The Kier molecular flexibility index (Phi) is 5.79. The summed E-state index contributed by atoms with van der Waals surface area (Å²) < 4.78 is 0. The minimum atomic E-state index is -0.330. The van der Waals surface area contributed by atoms with E-state index in [-0.39, 0.29) is 17.6 Å². The van der Waals surface area contributed by atoms with Crippen LogP contribution in [-0.2, 0) is 4.79 Å². The van der Waals surface area contributed by atoms with Crippen molar-refractivity contribution in [2.45, 2.75) is 25.7 Å². The second kappa shape index (κ2) is 7.23. The van der Waals surface area contributed by atoms with Crippen LogP contribution in [0.4, 0.5) is 0 Å². The van der Waals surface area contributed by atoms with Gasteiger partial charge in [-0.25, -0.2) is 0 Å². The van der Waals surface area contributed by atoms with Gasteiger partial charge >= 0.3 is 0 Å². The minimum absolute atomic E-state index is 0.0525. The lowest BCUT2D eigenvalue weighted by atomic mass is 9.86. The van der Waals surface area contributed by atoms with Crippen molar-refractivity contribution in [1.82, 2.24) is 0 Å². The van der Waals surface area contributed by atoms with E-state index in [0.717, 1.165) is 11.1 Å². The monoisotopic (exact) mass is 374 g/mol. The summed E-state index contributed by atoms with van der Waals surface area (Å²) in [5, 5.41) is 2.06. The molecule has 0 aliphatic carbocycles. The van der Waals surface area contributed by atoms with E-state index in [9.17, 15) is 4.79 Å². The van der Waals surface area contributed by atoms with Crippen molar-refractivity contribution in [2.24, 2.45) is 0 Å². The van der Waals surface area contributed by atoms with E-state index in [0.29, 0.717) is 20.1 Å². The number of carbonyl (C=O) groups is 1. The second-order valence-corrected chi connectivity index (χ2v) is 7.00. The Labute approximate surface area is 150 Å². The molecule has 2 rings (SSSR count). The lowest BCUT2D eigenvalue weighted by molar-refractivity contribution is -0.121. The molecular weight excluding hydrogens is 362 g/mol. The van der Waals surface area contributed by atoms with Gasteiger partial charge < -0.3 is 0 Å². The van der Waals surface area contributed by atoms with Crippen molar-refractivity contribution in [3.05, 3.63) is 67.6 Å². The molecule has 2 atom stereocenters. The first-order valence-corrected chi connectivity index (χ1v) is 8.25. The Hall–Kier alpha value is -0.730. The molecule has 0 spiro atoms.